The maximum absolute atomic E-state index is 11.7. The second-order valence-corrected chi connectivity index (χ2v) is 4.87. The third kappa shape index (κ3) is 2.30. The van der Waals surface area contributed by atoms with Gasteiger partial charge in [0.15, 0.2) is 6.10 Å². The Kier molecular flexibility index (Phi) is 3.23. The molecule has 0 amide bonds. The van der Waals surface area contributed by atoms with Crippen LogP contribution in [0.3, 0.4) is 0 Å². The predicted octanol–water partition coefficient (Wildman–Crippen LogP) is 1.03. The van der Waals surface area contributed by atoms with E-state index in [2.05, 4.69) is 5.10 Å². The molecule has 1 aromatic heterocycles. The van der Waals surface area contributed by atoms with E-state index in [1.54, 1.807) is 16.8 Å². The van der Waals surface area contributed by atoms with E-state index >= 15 is 0 Å². The first-order valence-electron chi connectivity index (χ1n) is 6.48. The normalized spacial score (nSPS) is 22.2. The molecule has 20 heavy (non-hydrogen) atoms. The zero-order valence-electron chi connectivity index (χ0n) is 10.7. The molecule has 2 unspecified atom stereocenters. The molecule has 2 aromatic rings. The third-order valence-corrected chi connectivity index (χ3v) is 3.52. The number of aromatic nitrogens is 2. The van der Waals surface area contributed by atoms with Crippen molar-refractivity contribution in [3.05, 3.63) is 40.7 Å². The number of fused-ring (bicyclic) bond motifs is 1. The van der Waals surface area contributed by atoms with Crippen molar-refractivity contribution >= 4 is 16.9 Å². The van der Waals surface area contributed by atoms with Crippen LogP contribution in [-0.4, -0.2) is 33.1 Å². The molecule has 1 aromatic carbocycles. The molecule has 1 aliphatic rings. The number of para-hydroxylation sites is 1. The number of carbonyl (C=O) groups is 1. The highest BCUT2D eigenvalue weighted by Gasteiger charge is 2.30. The number of rotatable bonds is 3. The van der Waals surface area contributed by atoms with Crippen LogP contribution in [0, 0.1) is 0 Å². The molecule has 1 saturated heterocycles. The lowest BCUT2D eigenvalue weighted by Crippen LogP contribution is -2.24. The number of hydrogen-bond acceptors (Lipinski definition) is 4. The zero-order chi connectivity index (χ0) is 14.1. The van der Waals surface area contributed by atoms with Crippen LogP contribution in [-0.2, 0) is 16.1 Å². The molecule has 1 aliphatic heterocycles. The van der Waals surface area contributed by atoms with E-state index < -0.39 is 12.1 Å². The molecule has 0 aliphatic carbocycles. The van der Waals surface area contributed by atoms with Gasteiger partial charge < -0.3 is 9.84 Å². The first-order valence-corrected chi connectivity index (χ1v) is 6.48. The summed E-state index contributed by atoms with van der Waals surface area (Å²) in [7, 11) is 0. The summed E-state index contributed by atoms with van der Waals surface area (Å²) in [6.45, 7) is 0.449. The molecule has 1 N–H and O–H groups in total. The van der Waals surface area contributed by atoms with Crippen molar-refractivity contribution < 1.29 is 14.6 Å². The van der Waals surface area contributed by atoms with Gasteiger partial charge in [-0.05, 0) is 25.0 Å². The minimum Gasteiger partial charge on any atom is -0.479 e. The molecule has 2 heterocycles. The lowest BCUT2D eigenvalue weighted by atomic mass is 10.2. The van der Waals surface area contributed by atoms with Crippen molar-refractivity contribution in [3.8, 4) is 0 Å². The van der Waals surface area contributed by atoms with Gasteiger partial charge in [0.05, 0.1) is 24.4 Å². The number of aliphatic carboxylic acids is 1. The van der Waals surface area contributed by atoms with Crippen molar-refractivity contribution in [1.29, 1.82) is 0 Å². The Morgan fingerprint density at radius 2 is 2.20 bits per heavy atom. The van der Waals surface area contributed by atoms with Crippen molar-refractivity contribution in [2.45, 2.75) is 31.6 Å². The first kappa shape index (κ1) is 12.8. The van der Waals surface area contributed by atoms with Gasteiger partial charge >= 0.3 is 5.97 Å². The minimum atomic E-state index is -0.926. The number of carboxylic acid groups (broad SMARTS) is 1. The van der Waals surface area contributed by atoms with Gasteiger partial charge in [0, 0.05) is 5.39 Å². The van der Waals surface area contributed by atoms with Crippen LogP contribution in [0.2, 0.25) is 0 Å². The zero-order valence-corrected chi connectivity index (χ0v) is 10.7. The van der Waals surface area contributed by atoms with E-state index in [4.69, 9.17) is 9.84 Å². The standard InChI is InChI=1S/C14H14N2O4/c17-12-7-15-16(11-4-2-1-3-10(11)12)8-9-5-6-13(20-9)14(18)19/h1-4,7,9,13H,5-6,8H2,(H,18,19). The maximum atomic E-state index is 11.7. The van der Waals surface area contributed by atoms with E-state index in [0.717, 1.165) is 5.52 Å². The summed E-state index contributed by atoms with van der Waals surface area (Å²) in [5.41, 5.74) is 0.620. The summed E-state index contributed by atoms with van der Waals surface area (Å²) >= 11 is 0. The van der Waals surface area contributed by atoms with Crippen molar-refractivity contribution in [2.75, 3.05) is 0 Å². The fraction of sp³-hybridized carbons (Fsp3) is 0.357. The van der Waals surface area contributed by atoms with Gasteiger partial charge in [-0.15, -0.1) is 0 Å². The molecular formula is C14H14N2O4. The molecule has 0 spiro atoms. The SMILES string of the molecule is O=C(O)C1CCC(Cn2ncc(=O)c3ccccc32)O1. The average Bonchev–Trinajstić information content (AvgIpc) is 2.91. The molecule has 0 bridgehead atoms. The van der Waals surface area contributed by atoms with E-state index in [-0.39, 0.29) is 11.5 Å². The number of benzene rings is 1. The molecule has 2 atom stereocenters. The molecule has 0 saturated carbocycles. The summed E-state index contributed by atoms with van der Waals surface area (Å²) in [5, 5.41) is 13.6. The van der Waals surface area contributed by atoms with Crippen LogP contribution >= 0.6 is 0 Å². The van der Waals surface area contributed by atoms with Crippen LogP contribution in [0.1, 0.15) is 12.8 Å². The van der Waals surface area contributed by atoms with Gasteiger partial charge in [0.2, 0.25) is 5.43 Å². The largest absolute Gasteiger partial charge is 0.479 e. The second kappa shape index (κ2) is 5.05. The van der Waals surface area contributed by atoms with Gasteiger partial charge in [0.1, 0.15) is 0 Å². The van der Waals surface area contributed by atoms with E-state index in [0.29, 0.717) is 24.8 Å². The highest BCUT2D eigenvalue weighted by atomic mass is 16.5. The Morgan fingerprint density at radius 3 is 2.95 bits per heavy atom. The molecule has 3 rings (SSSR count). The Hall–Kier alpha value is -2.21. The van der Waals surface area contributed by atoms with Gasteiger partial charge in [-0.25, -0.2) is 4.79 Å². The van der Waals surface area contributed by atoms with Crippen LogP contribution in [0.5, 0.6) is 0 Å². The fourth-order valence-electron chi connectivity index (χ4n) is 2.52. The first-order chi connectivity index (χ1) is 9.65. The number of nitrogens with zero attached hydrogens (tertiary/aromatic N) is 2. The van der Waals surface area contributed by atoms with Gasteiger partial charge in [-0.1, -0.05) is 12.1 Å². The number of ether oxygens (including phenoxy) is 1. The second-order valence-electron chi connectivity index (χ2n) is 4.87. The quantitative estimate of drug-likeness (QED) is 0.904. The summed E-state index contributed by atoms with van der Waals surface area (Å²) in [6, 6.07) is 7.23. The van der Waals surface area contributed by atoms with Gasteiger partial charge in [-0.3, -0.25) is 9.48 Å². The Labute approximate surface area is 114 Å². The molecule has 1 fully saturated rings. The monoisotopic (exact) mass is 274 g/mol. The maximum Gasteiger partial charge on any atom is 0.332 e. The van der Waals surface area contributed by atoms with Gasteiger partial charge in [0.25, 0.3) is 0 Å². The average molecular weight is 274 g/mol. The van der Waals surface area contributed by atoms with Crippen molar-refractivity contribution in [1.82, 2.24) is 9.78 Å². The predicted molar refractivity (Wildman–Crippen MR) is 71.5 cm³/mol. The third-order valence-electron chi connectivity index (χ3n) is 3.52. The Balaban J connectivity index is 1.87. The van der Waals surface area contributed by atoms with E-state index in [1.165, 1.54) is 6.20 Å². The summed E-state index contributed by atoms with van der Waals surface area (Å²) in [5.74, 6) is -0.926. The topological polar surface area (TPSA) is 81.4 Å². The number of carboxylic acids is 1. The lowest BCUT2D eigenvalue weighted by Gasteiger charge is -2.14. The smallest absolute Gasteiger partial charge is 0.332 e. The Morgan fingerprint density at radius 1 is 1.40 bits per heavy atom. The summed E-state index contributed by atoms with van der Waals surface area (Å²) < 4.78 is 7.17. The Bertz CT molecular complexity index is 710. The number of hydrogen-bond donors (Lipinski definition) is 1. The van der Waals surface area contributed by atoms with Gasteiger partial charge in [-0.2, -0.15) is 5.10 Å². The van der Waals surface area contributed by atoms with Crippen LogP contribution < -0.4 is 5.43 Å². The van der Waals surface area contributed by atoms with Crippen LogP contribution in [0.15, 0.2) is 35.3 Å². The fourth-order valence-corrected chi connectivity index (χ4v) is 2.52. The minimum absolute atomic E-state index is 0.118. The van der Waals surface area contributed by atoms with E-state index in [1.807, 2.05) is 12.1 Å². The molecule has 6 heteroatoms. The van der Waals surface area contributed by atoms with Crippen LogP contribution in [0.4, 0.5) is 0 Å². The molecule has 104 valence electrons. The summed E-state index contributed by atoms with van der Waals surface area (Å²) in [6.07, 6.45) is 1.56. The molecular weight excluding hydrogens is 260 g/mol. The van der Waals surface area contributed by atoms with Crippen LogP contribution in [0.25, 0.3) is 10.9 Å². The summed E-state index contributed by atoms with van der Waals surface area (Å²) in [4.78, 5) is 22.6. The highest BCUT2D eigenvalue weighted by molar-refractivity contribution is 5.77. The van der Waals surface area contributed by atoms with Crippen molar-refractivity contribution in [3.63, 3.8) is 0 Å². The molecule has 0 radical (unpaired) electrons. The van der Waals surface area contributed by atoms with Crippen molar-refractivity contribution in [2.24, 2.45) is 0 Å². The lowest BCUT2D eigenvalue weighted by molar-refractivity contribution is -0.149. The molecule has 6 nitrogen and oxygen atoms in total. The van der Waals surface area contributed by atoms with E-state index in [9.17, 15) is 9.59 Å². The highest BCUT2D eigenvalue weighted by Crippen LogP contribution is 2.22.